The van der Waals surface area contributed by atoms with Crippen LogP contribution in [0.15, 0.2) is 11.6 Å². The minimum absolute atomic E-state index is 0.496. The normalized spacial score (nSPS) is 24.4. The van der Waals surface area contributed by atoms with Crippen LogP contribution in [0.4, 0.5) is 0 Å². The molecule has 0 amide bonds. The third-order valence-corrected chi connectivity index (χ3v) is 3.44. The van der Waals surface area contributed by atoms with Crippen LogP contribution in [0.1, 0.15) is 26.2 Å². The van der Waals surface area contributed by atoms with E-state index in [4.69, 9.17) is 0 Å². The Balaban J connectivity index is 1.68. The van der Waals surface area contributed by atoms with E-state index in [1.165, 1.54) is 12.8 Å². The molecule has 4 N–H and O–H groups in total. The molecule has 4 heteroatoms. The van der Waals surface area contributed by atoms with E-state index in [1.54, 1.807) is 5.57 Å². The van der Waals surface area contributed by atoms with E-state index >= 15 is 0 Å². The van der Waals surface area contributed by atoms with E-state index < -0.39 is 0 Å². The van der Waals surface area contributed by atoms with Gasteiger partial charge in [-0.05, 0) is 26.2 Å². The highest BCUT2D eigenvalue weighted by Crippen LogP contribution is 2.14. The first-order valence-corrected chi connectivity index (χ1v) is 6.46. The number of allylic oxidation sites excluding steroid dienone is 1. The van der Waals surface area contributed by atoms with E-state index in [-0.39, 0.29) is 0 Å². The van der Waals surface area contributed by atoms with Crippen molar-refractivity contribution in [3.05, 3.63) is 11.6 Å². The molecular formula is C12H24N4. The Morgan fingerprint density at radius 3 is 2.12 bits per heavy atom. The van der Waals surface area contributed by atoms with Gasteiger partial charge in [0.1, 0.15) is 0 Å². The maximum Gasteiger partial charge on any atom is 0.0610 e. The van der Waals surface area contributed by atoms with Crippen LogP contribution in [0.25, 0.3) is 0 Å². The first-order chi connectivity index (χ1) is 7.88. The second kappa shape index (κ2) is 6.35. The van der Waals surface area contributed by atoms with Crippen molar-refractivity contribution in [2.75, 3.05) is 26.2 Å². The van der Waals surface area contributed by atoms with E-state index in [0.29, 0.717) is 12.3 Å². The van der Waals surface area contributed by atoms with Crippen molar-refractivity contribution in [2.24, 2.45) is 0 Å². The Hall–Kier alpha value is -0.420. The Kier molecular flexibility index (Phi) is 4.78. The summed E-state index contributed by atoms with van der Waals surface area (Å²) < 4.78 is 0. The average molecular weight is 224 g/mol. The topological polar surface area (TPSA) is 48.1 Å². The summed E-state index contributed by atoms with van der Waals surface area (Å²) >= 11 is 0. The molecule has 16 heavy (non-hydrogen) atoms. The maximum atomic E-state index is 3.47. The highest BCUT2D eigenvalue weighted by atomic mass is 15.2. The second-order valence-electron chi connectivity index (χ2n) is 4.61. The van der Waals surface area contributed by atoms with Crippen LogP contribution in [0.5, 0.6) is 0 Å². The van der Waals surface area contributed by atoms with E-state index in [0.717, 1.165) is 32.6 Å². The summed E-state index contributed by atoms with van der Waals surface area (Å²) in [5.74, 6) is 0. The molecule has 0 radical (unpaired) electrons. The van der Waals surface area contributed by atoms with Crippen LogP contribution < -0.4 is 21.3 Å². The number of hydrogen-bond acceptors (Lipinski definition) is 4. The summed E-state index contributed by atoms with van der Waals surface area (Å²) in [6.45, 7) is 6.59. The zero-order chi connectivity index (χ0) is 11.2. The molecule has 2 fully saturated rings. The Labute approximate surface area is 98.3 Å². The van der Waals surface area contributed by atoms with Gasteiger partial charge in [-0.3, -0.25) is 0 Å². The lowest BCUT2D eigenvalue weighted by molar-refractivity contribution is 0.491. The Morgan fingerprint density at radius 2 is 1.56 bits per heavy atom. The molecular weight excluding hydrogens is 200 g/mol. The third kappa shape index (κ3) is 3.56. The highest BCUT2D eigenvalue weighted by molar-refractivity contribution is 5.04. The van der Waals surface area contributed by atoms with Gasteiger partial charge in [-0.25, -0.2) is 0 Å². The summed E-state index contributed by atoms with van der Waals surface area (Å²) in [6, 6.07) is 0. The van der Waals surface area contributed by atoms with Gasteiger partial charge in [0.25, 0.3) is 0 Å². The fraction of sp³-hybridized carbons (Fsp3) is 0.833. The quantitative estimate of drug-likeness (QED) is 0.502. The molecule has 2 rings (SSSR count). The summed E-state index contributed by atoms with van der Waals surface area (Å²) in [5, 5.41) is 13.9. The molecule has 2 aliphatic heterocycles. The molecule has 92 valence electrons. The molecule has 2 heterocycles. The Morgan fingerprint density at radius 1 is 1.00 bits per heavy atom. The van der Waals surface area contributed by atoms with Gasteiger partial charge >= 0.3 is 0 Å². The van der Waals surface area contributed by atoms with Gasteiger partial charge in [0, 0.05) is 26.2 Å². The third-order valence-electron chi connectivity index (χ3n) is 3.44. The molecule has 0 spiro atoms. The fourth-order valence-electron chi connectivity index (χ4n) is 2.43. The van der Waals surface area contributed by atoms with Gasteiger partial charge in [0.05, 0.1) is 12.3 Å². The van der Waals surface area contributed by atoms with Crippen LogP contribution in [0, 0.1) is 0 Å². The van der Waals surface area contributed by atoms with Gasteiger partial charge in [0.2, 0.25) is 0 Å². The Bertz CT molecular complexity index is 227. The fourth-order valence-corrected chi connectivity index (χ4v) is 2.43. The van der Waals surface area contributed by atoms with Crippen molar-refractivity contribution in [3.63, 3.8) is 0 Å². The van der Waals surface area contributed by atoms with Gasteiger partial charge < -0.3 is 21.3 Å². The molecule has 0 atom stereocenters. The van der Waals surface area contributed by atoms with Crippen molar-refractivity contribution < 1.29 is 0 Å². The lowest BCUT2D eigenvalue weighted by Crippen LogP contribution is -2.33. The van der Waals surface area contributed by atoms with Gasteiger partial charge in [-0.1, -0.05) is 11.6 Å². The number of hydrogen-bond donors (Lipinski definition) is 4. The average Bonchev–Trinajstić information content (AvgIpc) is 2.97. The highest BCUT2D eigenvalue weighted by Gasteiger charge is 2.16. The van der Waals surface area contributed by atoms with Gasteiger partial charge in [0.15, 0.2) is 0 Å². The van der Waals surface area contributed by atoms with Crippen LogP contribution in [0.3, 0.4) is 0 Å². The van der Waals surface area contributed by atoms with Crippen LogP contribution >= 0.6 is 0 Å². The smallest absolute Gasteiger partial charge is 0.0610 e. The van der Waals surface area contributed by atoms with Crippen molar-refractivity contribution in [1.82, 2.24) is 21.3 Å². The minimum Gasteiger partial charge on any atom is -0.301 e. The van der Waals surface area contributed by atoms with Crippen molar-refractivity contribution in [1.29, 1.82) is 0 Å². The van der Waals surface area contributed by atoms with E-state index in [2.05, 4.69) is 34.3 Å². The van der Waals surface area contributed by atoms with Gasteiger partial charge in [-0.2, -0.15) is 0 Å². The standard InChI is InChI=1S/C12H24N4/c1-2-10(9-12-15-7-8-16-12)3-4-11-13-5-6-14-11/h2,11-16H,3-9H2,1H3/b10-2-. The van der Waals surface area contributed by atoms with Gasteiger partial charge in [-0.15, -0.1) is 0 Å². The van der Waals surface area contributed by atoms with E-state index in [9.17, 15) is 0 Å². The lowest BCUT2D eigenvalue weighted by atomic mass is 10.0. The lowest BCUT2D eigenvalue weighted by Gasteiger charge is -2.16. The number of rotatable bonds is 5. The molecule has 0 bridgehead atoms. The predicted octanol–water partition coefficient (Wildman–Crippen LogP) is 0.141. The molecule has 0 saturated carbocycles. The number of nitrogens with one attached hydrogen (secondary N) is 4. The molecule has 0 aromatic rings. The van der Waals surface area contributed by atoms with Crippen LogP contribution in [0.2, 0.25) is 0 Å². The van der Waals surface area contributed by atoms with Crippen molar-refractivity contribution >= 4 is 0 Å². The molecule has 2 saturated heterocycles. The largest absolute Gasteiger partial charge is 0.301 e. The monoisotopic (exact) mass is 224 g/mol. The molecule has 4 nitrogen and oxygen atoms in total. The van der Waals surface area contributed by atoms with Crippen molar-refractivity contribution in [2.45, 2.75) is 38.5 Å². The van der Waals surface area contributed by atoms with Crippen LogP contribution in [-0.2, 0) is 0 Å². The maximum absolute atomic E-state index is 3.47. The molecule has 2 aliphatic rings. The van der Waals surface area contributed by atoms with E-state index in [1.807, 2.05) is 0 Å². The molecule has 0 aromatic carbocycles. The van der Waals surface area contributed by atoms with Crippen molar-refractivity contribution in [3.8, 4) is 0 Å². The summed E-state index contributed by atoms with van der Waals surface area (Å²) in [7, 11) is 0. The zero-order valence-corrected chi connectivity index (χ0v) is 10.2. The second-order valence-corrected chi connectivity index (χ2v) is 4.61. The SMILES string of the molecule is C/C=C(/CCC1NCCN1)CC1NCCN1. The summed E-state index contributed by atoms with van der Waals surface area (Å²) in [5.41, 5.74) is 1.56. The molecule has 0 aromatic heterocycles. The molecule has 0 aliphatic carbocycles. The first-order valence-electron chi connectivity index (χ1n) is 6.46. The molecule has 0 unspecified atom stereocenters. The predicted molar refractivity (Wildman–Crippen MR) is 67.2 cm³/mol. The van der Waals surface area contributed by atoms with Crippen LogP contribution in [-0.4, -0.2) is 38.5 Å². The zero-order valence-electron chi connectivity index (χ0n) is 10.2. The summed E-state index contributed by atoms with van der Waals surface area (Å²) in [6.07, 6.45) is 6.84. The first kappa shape index (κ1) is 12.0. The summed E-state index contributed by atoms with van der Waals surface area (Å²) in [4.78, 5) is 0. The minimum atomic E-state index is 0.496.